The number of benzene rings is 3. The molecule has 1 aromatic heterocycles. The summed E-state index contributed by atoms with van der Waals surface area (Å²) in [6, 6.07) is 19.2. The van der Waals surface area contributed by atoms with Crippen molar-refractivity contribution in [3.63, 3.8) is 0 Å². The first-order valence-electron chi connectivity index (χ1n) is 11.0. The first kappa shape index (κ1) is 22.8. The quantitative estimate of drug-likeness (QED) is 0.302. The third-order valence-electron chi connectivity index (χ3n) is 5.83. The van der Waals surface area contributed by atoms with Crippen molar-refractivity contribution in [2.75, 3.05) is 11.1 Å². The molecule has 0 aliphatic carbocycles. The van der Waals surface area contributed by atoms with Gasteiger partial charge in [-0.1, -0.05) is 55.1 Å². The molecule has 4 aromatic rings. The molecule has 6 heteroatoms. The molecule has 1 amide bonds. The van der Waals surface area contributed by atoms with Crippen molar-refractivity contribution in [2.24, 2.45) is 0 Å². The first-order chi connectivity index (χ1) is 15.9. The van der Waals surface area contributed by atoms with Gasteiger partial charge in [-0.15, -0.1) is 0 Å². The number of carbonyl (C=O) groups is 1. The zero-order valence-corrected chi connectivity index (χ0v) is 20.1. The molecule has 0 radical (unpaired) electrons. The fourth-order valence-electron chi connectivity index (χ4n) is 3.81. The summed E-state index contributed by atoms with van der Waals surface area (Å²) in [6.45, 7) is 8.12. The van der Waals surface area contributed by atoms with Gasteiger partial charge >= 0.3 is 0 Å². The first-order valence-corrected chi connectivity index (χ1v) is 12.0. The van der Waals surface area contributed by atoms with Crippen molar-refractivity contribution in [3.05, 3.63) is 93.3 Å². The van der Waals surface area contributed by atoms with Crippen molar-refractivity contribution >= 4 is 34.3 Å². The monoisotopic (exact) mass is 457 g/mol. The minimum absolute atomic E-state index is 0.127. The van der Waals surface area contributed by atoms with E-state index in [1.165, 1.54) is 11.8 Å². The minimum Gasteiger partial charge on any atom is -0.325 e. The van der Waals surface area contributed by atoms with Gasteiger partial charge < -0.3 is 5.32 Å². The van der Waals surface area contributed by atoms with Crippen molar-refractivity contribution in [3.8, 4) is 5.69 Å². The number of hydrogen-bond donors (Lipinski definition) is 1. The van der Waals surface area contributed by atoms with E-state index in [2.05, 4.69) is 12.2 Å². The van der Waals surface area contributed by atoms with Crippen molar-refractivity contribution in [2.45, 2.75) is 39.3 Å². The predicted octanol–water partition coefficient (Wildman–Crippen LogP) is 5.60. The fraction of sp³-hybridized carbons (Fsp3) is 0.222. The Hall–Kier alpha value is -3.38. The van der Waals surface area contributed by atoms with Gasteiger partial charge in [-0.05, 0) is 73.7 Å². The van der Waals surface area contributed by atoms with Crippen LogP contribution in [0.1, 0.15) is 29.2 Å². The van der Waals surface area contributed by atoms with Crippen LogP contribution in [-0.4, -0.2) is 21.2 Å². The lowest BCUT2D eigenvalue weighted by Crippen LogP contribution is -2.23. The van der Waals surface area contributed by atoms with Crippen LogP contribution in [0.4, 0.5) is 5.69 Å². The zero-order valence-electron chi connectivity index (χ0n) is 19.3. The Morgan fingerprint density at radius 2 is 1.76 bits per heavy atom. The SMILES string of the molecule is CCc1cccc(C)c1NC(=O)CSc1nc2ccccc2c(=O)n1-c1ccc(C)c(C)c1. The van der Waals surface area contributed by atoms with E-state index in [1.807, 2.05) is 75.4 Å². The molecule has 0 saturated carbocycles. The number of nitrogens with one attached hydrogen (secondary N) is 1. The van der Waals surface area contributed by atoms with E-state index in [4.69, 9.17) is 4.98 Å². The summed E-state index contributed by atoms with van der Waals surface area (Å²) >= 11 is 1.27. The Balaban J connectivity index is 1.69. The van der Waals surface area contributed by atoms with Crippen LogP contribution in [0.2, 0.25) is 0 Å². The zero-order chi connectivity index (χ0) is 23.5. The average molecular weight is 458 g/mol. The summed E-state index contributed by atoms with van der Waals surface area (Å²) in [7, 11) is 0. The van der Waals surface area contributed by atoms with Gasteiger partial charge in [0.25, 0.3) is 5.56 Å². The molecule has 5 nitrogen and oxygen atoms in total. The van der Waals surface area contributed by atoms with Crippen LogP contribution in [0.3, 0.4) is 0 Å². The van der Waals surface area contributed by atoms with Gasteiger partial charge in [-0.3, -0.25) is 14.2 Å². The summed E-state index contributed by atoms with van der Waals surface area (Å²) in [5.41, 5.74) is 6.47. The van der Waals surface area contributed by atoms with E-state index in [0.717, 1.165) is 40.0 Å². The molecule has 0 fully saturated rings. The summed E-state index contributed by atoms with van der Waals surface area (Å²) < 4.78 is 1.61. The van der Waals surface area contributed by atoms with Crippen LogP contribution < -0.4 is 10.9 Å². The van der Waals surface area contributed by atoms with Gasteiger partial charge in [0.1, 0.15) is 0 Å². The number of rotatable bonds is 6. The average Bonchev–Trinajstić information content (AvgIpc) is 2.81. The van der Waals surface area contributed by atoms with Gasteiger partial charge in [0, 0.05) is 5.69 Å². The second-order valence-corrected chi connectivity index (χ2v) is 9.06. The van der Waals surface area contributed by atoms with Crippen molar-refractivity contribution in [1.82, 2.24) is 9.55 Å². The largest absolute Gasteiger partial charge is 0.325 e. The molecule has 33 heavy (non-hydrogen) atoms. The molecule has 4 rings (SSSR count). The number of nitrogens with zero attached hydrogens (tertiary/aromatic N) is 2. The van der Waals surface area contributed by atoms with Gasteiger partial charge in [-0.25, -0.2) is 4.98 Å². The Morgan fingerprint density at radius 3 is 2.52 bits per heavy atom. The number of aryl methyl sites for hydroxylation is 4. The number of amides is 1. The number of para-hydroxylation sites is 2. The number of anilines is 1. The number of carbonyl (C=O) groups excluding carboxylic acids is 1. The summed E-state index contributed by atoms with van der Waals surface area (Å²) in [4.78, 5) is 31.0. The van der Waals surface area contributed by atoms with Crippen LogP contribution in [0.5, 0.6) is 0 Å². The molecule has 0 aliphatic rings. The second-order valence-electron chi connectivity index (χ2n) is 8.12. The smallest absolute Gasteiger partial charge is 0.266 e. The highest BCUT2D eigenvalue weighted by Crippen LogP contribution is 2.25. The van der Waals surface area contributed by atoms with Crippen LogP contribution in [0, 0.1) is 20.8 Å². The van der Waals surface area contributed by atoms with Crippen LogP contribution >= 0.6 is 11.8 Å². The maximum absolute atomic E-state index is 13.4. The normalized spacial score (nSPS) is 11.0. The summed E-state index contributed by atoms with van der Waals surface area (Å²) in [6.07, 6.45) is 0.836. The number of fused-ring (bicyclic) bond motifs is 1. The van der Waals surface area contributed by atoms with Gasteiger partial charge in [0.15, 0.2) is 5.16 Å². The predicted molar refractivity (Wildman–Crippen MR) is 137 cm³/mol. The second kappa shape index (κ2) is 9.63. The van der Waals surface area contributed by atoms with Gasteiger partial charge in [-0.2, -0.15) is 0 Å². The maximum Gasteiger partial charge on any atom is 0.266 e. The lowest BCUT2D eigenvalue weighted by molar-refractivity contribution is -0.113. The Bertz CT molecular complexity index is 1410. The third-order valence-corrected chi connectivity index (χ3v) is 6.77. The van der Waals surface area contributed by atoms with Crippen molar-refractivity contribution < 1.29 is 4.79 Å². The molecule has 0 atom stereocenters. The number of aromatic nitrogens is 2. The van der Waals surface area contributed by atoms with E-state index in [0.29, 0.717) is 16.1 Å². The highest BCUT2D eigenvalue weighted by molar-refractivity contribution is 7.99. The molecule has 0 saturated heterocycles. The topological polar surface area (TPSA) is 64.0 Å². The van der Waals surface area contributed by atoms with Crippen LogP contribution in [0.25, 0.3) is 16.6 Å². The molecular weight excluding hydrogens is 430 g/mol. The molecule has 0 unspecified atom stereocenters. The third kappa shape index (κ3) is 4.71. The number of hydrogen-bond acceptors (Lipinski definition) is 4. The van der Waals surface area contributed by atoms with Crippen molar-refractivity contribution in [1.29, 1.82) is 0 Å². The van der Waals surface area contributed by atoms with Crippen LogP contribution in [-0.2, 0) is 11.2 Å². The maximum atomic E-state index is 13.4. The molecular formula is C27H27N3O2S. The number of thioether (sulfide) groups is 1. The molecule has 1 heterocycles. The Kier molecular flexibility index (Phi) is 6.65. The molecule has 1 N–H and O–H groups in total. The lowest BCUT2D eigenvalue weighted by atomic mass is 10.1. The summed E-state index contributed by atoms with van der Waals surface area (Å²) in [5, 5.41) is 4.10. The van der Waals surface area contributed by atoms with E-state index >= 15 is 0 Å². The van der Waals surface area contributed by atoms with E-state index in [-0.39, 0.29) is 17.2 Å². The minimum atomic E-state index is -0.140. The molecule has 3 aromatic carbocycles. The molecule has 168 valence electrons. The highest BCUT2D eigenvalue weighted by atomic mass is 32.2. The highest BCUT2D eigenvalue weighted by Gasteiger charge is 2.16. The van der Waals surface area contributed by atoms with E-state index in [9.17, 15) is 9.59 Å². The standard InChI is InChI=1S/C27H27N3O2S/c1-5-20-10-8-9-18(3)25(20)29-24(31)16-33-27-28-23-12-7-6-11-22(23)26(32)30(27)21-14-13-17(2)19(4)15-21/h6-15H,5,16H2,1-4H3,(H,29,31). The molecule has 0 spiro atoms. The van der Waals surface area contributed by atoms with Gasteiger partial charge in [0.05, 0.1) is 22.3 Å². The molecule has 0 bridgehead atoms. The lowest BCUT2D eigenvalue weighted by Gasteiger charge is -2.15. The van der Waals surface area contributed by atoms with E-state index < -0.39 is 0 Å². The Morgan fingerprint density at radius 1 is 0.970 bits per heavy atom. The fourth-order valence-corrected chi connectivity index (χ4v) is 4.62. The Labute approximate surface area is 197 Å². The van der Waals surface area contributed by atoms with Crippen LogP contribution in [0.15, 0.2) is 70.6 Å². The summed E-state index contributed by atoms with van der Waals surface area (Å²) in [5.74, 6) is 0.0191. The molecule has 0 aliphatic heterocycles. The van der Waals surface area contributed by atoms with E-state index in [1.54, 1.807) is 10.6 Å². The van der Waals surface area contributed by atoms with Gasteiger partial charge in [0.2, 0.25) is 5.91 Å².